The van der Waals surface area contributed by atoms with Gasteiger partial charge in [-0.3, -0.25) is 9.59 Å². The largest absolute Gasteiger partial charge is 0.481 e. The van der Waals surface area contributed by atoms with Crippen LogP contribution in [0.25, 0.3) is 11.1 Å². The Labute approximate surface area is 189 Å². The Morgan fingerprint density at radius 2 is 1.67 bits per heavy atom. The second-order valence-electron chi connectivity index (χ2n) is 7.60. The van der Waals surface area contributed by atoms with Crippen molar-refractivity contribution < 1.29 is 32.6 Å². The minimum Gasteiger partial charge on any atom is -0.481 e. The number of ether oxygens (including phenoxy) is 1. The van der Waals surface area contributed by atoms with Crippen molar-refractivity contribution in [3.63, 3.8) is 0 Å². The van der Waals surface area contributed by atoms with Gasteiger partial charge < -0.3 is 14.7 Å². The average molecular weight is 457 g/mol. The Morgan fingerprint density at radius 1 is 1.03 bits per heavy atom. The molecule has 0 fully saturated rings. The lowest BCUT2D eigenvalue weighted by atomic mass is 9.95. The number of benzene rings is 3. The van der Waals surface area contributed by atoms with Gasteiger partial charge in [-0.15, -0.1) is 0 Å². The summed E-state index contributed by atoms with van der Waals surface area (Å²) in [6, 6.07) is 17.6. The predicted molar refractivity (Wildman–Crippen MR) is 118 cm³/mol. The summed E-state index contributed by atoms with van der Waals surface area (Å²) in [7, 11) is 3.66. The summed E-state index contributed by atoms with van der Waals surface area (Å²) in [5.74, 6) is -2.02. The van der Waals surface area contributed by atoms with Crippen LogP contribution in [0.15, 0.2) is 66.7 Å². The molecule has 1 unspecified atom stereocenters. The van der Waals surface area contributed by atoms with Gasteiger partial charge in [0.2, 0.25) is 0 Å². The Hall–Kier alpha value is -3.81. The summed E-state index contributed by atoms with van der Waals surface area (Å²) in [6.07, 6.45) is -6.64. The molecule has 0 aliphatic carbocycles. The van der Waals surface area contributed by atoms with E-state index in [1.807, 2.05) is 19.0 Å². The van der Waals surface area contributed by atoms with E-state index in [2.05, 4.69) is 0 Å². The zero-order chi connectivity index (χ0) is 24.2. The van der Waals surface area contributed by atoms with E-state index >= 15 is 0 Å². The van der Waals surface area contributed by atoms with Crippen LogP contribution in [0.3, 0.4) is 0 Å². The van der Waals surface area contributed by atoms with Crippen molar-refractivity contribution in [2.24, 2.45) is 0 Å². The number of aldehydes is 1. The van der Waals surface area contributed by atoms with Crippen LogP contribution in [0.1, 0.15) is 22.8 Å². The summed E-state index contributed by atoms with van der Waals surface area (Å²) >= 11 is 0. The average Bonchev–Trinajstić information content (AvgIpc) is 2.76. The summed E-state index contributed by atoms with van der Waals surface area (Å²) in [6.45, 7) is 0. The van der Waals surface area contributed by atoms with Crippen LogP contribution in [0.2, 0.25) is 0 Å². The molecule has 1 atom stereocenters. The molecular formula is C25H22F3NO4. The van der Waals surface area contributed by atoms with Crippen molar-refractivity contribution in [1.29, 1.82) is 0 Å². The van der Waals surface area contributed by atoms with Crippen LogP contribution in [0.5, 0.6) is 5.75 Å². The van der Waals surface area contributed by atoms with Gasteiger partial charge in [-0.25, -0.2) is 0 Å². The van der Waals surface area contributed by atoms with Gasteiger partial charge in [-0.2, -0.15) is 13.2 Å². The molecule has 3 rings (SSSR count). The molecule has 8 heteroatoms. The first-order valence-corrected chi connectivity index (χ1v) is 10.0. The van der Waals surface area contributed by atoms with Crippen LogP contribution < -0.4 is 9.64 Å². The molecule has 0 saturated carbocycles. The van der Waals surface area contributed by atoms with Gasteiger partial charge in [0.1, 0.15) is 11.3 Å². The SMILES string of the molecule is CN(C)c1ccc(C(C=O)Oc2cc(-c3ccccc3)cc(CC(=O)O)c2C(F)(F)F)cc1. The Bertz CT molecular complexity index is 1130. The number of aliphatic carboxylic acids is 1. The minimum absolute atomic E-state index is 0.349. The Balaban J connectivity index is 2.14. The molecule has 0 aromatic heterocycles. The molecule has 3 aromatic rings. The second-order valence-corrected chi connectivity index (χ2v) is 7.60. The highest BCUT2D eigenvalue weighted by atomic mass is 19.4. The normalized spacial score (nSPS) is 12.2. The highest BCUT2D eigenvalue weighted by Gasteiger charge is 2.39. The molecule has 0 aliphatic rings. The third-order valence-corrected chi connectivity index (χ3v) is 5.03. The molecule has 0 bridgehead atoms. The number of carbonyl (C=O) groups is 2. The molecule has 1 N–H and O–H groups in total. The number of nitrogens with zero attached hydrogens (tertiary/aromatic N) is 1. The van der Waals surface area contributed by atoms with E-state index < -0.39 is 41.5 Å². The molecule has 172 valence electrons. The molecular weight excluding hydrogens is 435 g/mol. The van der Waals surface area contributed by atoms with Crippen LogP contribution in [0.4, 0.5) is 18.9 Å². The van der Waals surface area contributed by atoms with Crippen LogP contribution in [0, 0.1) is 0 Å². The summed E-state index contributed by atoms with van der Waals surface area (Å²) < 4.78 is 47.7. The lowest BCUT2D eigenvalue weighted by Crippen LogP contribution is -2.17. The van der Waals surface area contributed by atoms with Crippen LogP contribution in [-0.4, -0.2) is 31.5 Å². The van der Waals surface area contributed by atoms with Gasteiger partial charge in [0.05, 0.1) is 6.42 Å². The van der Waals surface area contributed by atoms with Crippen molar-refractivity contribution >= 4 is 17.9 Å². The fourth-order valence-corrected chi connectivity index (χ4v) is 3.46. The topological polar surface area (TPSA) is 66.8 Å². The number of carbonyl (C=O) groups excluding carboxylic acids is 1. The summed E-state index contributed by atoms with van der Waals surface area (Å²) in [5.41, 5.74) is 0.492. The standard InChI is InChI=1S/C25H22F3NO4/c1-29(2)20-10-8-17(9-11-20)22(15-30)33-21-13-18(16-6-4-3-5-7-16)12-19(14-23(31)32)24(21)25(26,27)28/h3-13,15,22H,14H2,1-2H3,(H,31,32). The molecule has 0 amide bonds. The third kappa shape index (κ3) is 5.71. The lowest BCUT2D eigenvalue weighted by molar-refractivity contribution is -0.141. The van der Waals surface area contributed by atoms with Crippen LogP contribution in [-0.2, 0) is 22.2 Å². The fraction of sp³-hybridized carbons (Fsp3) is 0.200. The van der Waals surface area contributed by atoms with Gasteiger partial charge in [0.15, 0.2) is 12.4 Å². The van der Waals surface area contributed by atoms with Crippen molar-refractivity contribution in [3.8, 4) is 16.9 Å². The van der Waals surface area contributed by atoms with Crippen molar-refractivity contribution in [2.75, 3.05) is 19.0 Å². The number of hydrogen-bond donors (Lipinski definition) is 1. The van der Waals surface area contributed by atoms with E-state index in [1.165, 1.54) is 12.1 Å². The van der Waals surface area contributed by atoms with Crippen molar-refractivity contribution in [3.05, 3.63) is 83.4 Å². The maximum absolute atomic E-state index is 14.0. The Morgan fingerprint density at radius 3 is 2.18 bits per heavy atom. The molecule has 0 aliphatic heterocycles. The number of carboxylic acid groups (broad SMARTS) is 1. The number of alkyl halides is 3. The minimum atomic E-state index is -4.89. The summed E-state index contributed by atoms with van der Waals surface area (Å²) in [5, 5.41) is 9.22. The molecule has 0 heterocycles. The third-order valence-electron chi connectivity index (χ3n) is 5.03. The van der Waals surface area contributed by atoms with Crippen molar-refractivity contribution in [2.45, 2.75) is 18.7 Å². The van der Waals surface area contributed by atoms with E-state index in [1.54, 1.807) is 54.6 Å². The maximum atomic E-state index is 14.0. The van der Waals surface area contributed by atoms with Gasteiger partial charge >= 0.3 is 12.1 Å². The van der Waals surface area contributed by atoms with Gasteiger partial charge in [0, 0.05) is 19.8 Å². The number of rotatable bonds is 8. The van der Waals surface area contributed by atoms with E-state index in [4.69, 9.17) is 4.74 Å². The van der Waals surface area contributed by atoms with Gasteiger partial charge in [-0.1, -0.05) is 42.5 Å². The Kier molecular flexibility index (Phi) is 7.06. The molecule has 5 nitrogen and oxygen atoms in total. The molecule has 33 heavy (non-hydrogen) atoms. The zero-order valence-electron chi connectivity index (χ0n) is 18.0. The van der Waals surface area contributed by atoms with Crippen molar-refractivity contribution in [1.82, 2.24) is 0 Å². The maximum Gasteiger partial charge on any atom is 0.420 e. The first-order valence-electron chi connectivity index (χ1n) is 10.0. The number of anilines is 1. The van der Waals surface area contributed by atoms with Gasteiger partial charge in [0.25, 0.3) is 0 Å². The zero-order valence-corrected chi connectivity index (χ0v) is 18.0. The number of hydrogen-bond acceptors (Lipinski definition) is 4. The van der Waals surface area contributed by atoms with E-state index in [-0.39, 0.29) is 0 Å². The fourth-order valence-electron chi connectivity index (χ4n) is 3.46. The predicted octanol–water partition coefficient (Wildman–Crippen LogP) is 5.38. The first kappa shape index (κ1) is 23.8. The van der Waals surface area contributed by atoms with E-state index in [0.29, 0.717) is 23.0 Å². The monoisotopic (exact) mass is 457 g/mol. The van der Waals surface area contributed by atoms with Crippen LogP contribution >= 0.6 is 0 Å². The highest BCUT2D eigenvalue weighted by molar-refractivity contribution is 5.75. The number of halogens is 3. The molecule has 3 aromatic carbocycles. The van der Waals surface area contributed by atoms with E-state index in [9.17, 15) is 27.9 Å². The highest BCUT2D eigenvalue weighted by Crippen LogP contribution is 2.43. The number of carboxylic acids is 1. The van der Waals surface area contributed by atoms with E-state index in [0.717, 1.165) is 5.69 Å². The summed E-state index contributed by atoms with van der Waals surface area (Å²) in [4.78, 5) is 25.0. The molecule has 0 saturated heterocycles. The first-order chi connectivity index (χ1) is 15.6. The lowest BCUT2D eigenvalue weighted by Gasteiger charge is -2.22. The molecule has 0 spiro atoms. The quantitative estimate of drug-likeness (QED) is 0.460. The van der Waals surface area contributed by atoms with Gasteiger partial charge in [-0.05, 0) is 46.5 Å². The second kappa shape index (κ2) is 9.77. The smallest absolute Gasteiger partial charge is 0.420 e. The molecule has 0 radical (unpaired) electrons.